The maximum Gasteiger partial charge on any atom is 0.416 e. The fourth-order valence-corrected chi connectivity index (χ4v) is 6.10. The quantitative estimate of drug-likeness (QED) is 0.588. The molecule has 1 N–H and O–H groups in total. The third-order valence-electron chi connectivity index (χ3n) is 7.35. The van der Waals surface area contributed by atoms with Crippen molar-refractivity contribution in [2.75, 3.05) is 4.90 Å². The molecule has 3 aliphatic rings. The van der Waals surface area contributed by atoms with E-state index in [1.54, 1.807) is 19.3 Å². The Kier molecular flexibility index (Phi) is 5.16. The third-order valence-corrected chi connectivity index (χ3v) is 7.35. The van der Waals surface area contributed by atoms with Crippen LogP contribution in [-0.4, -0.2) is 16.0 Å². The molecule has 29 heavy (non-hydrogen) atoms. The van der Waals surface area contributed by atoms with Crippen molar-refractivity contribution in [1.29, 1.82) is 0 Å². The highest BCUT2D eigenvalue weighted by molar-refractivity contribution is 5.60. The first-order valence-electron chi connectivity index (χ1n) is 10.7. The molecule has 3 fully saturated rings. The van der Waals surface area contributed by atoms with Crippen molar-refractivity contribution in [3.8, 4) is 0 Å². The second kappa shape index (κ2) is 7.37. The van der Waals surface area contributed by atoms with Crippen LogP contribution < -0.4 is 4.90 Å². The van der Waals surface area contributed by atoms with Crippen LogP contribution in [0.3, 0.4) is 0 Å². The zero-order chi connectivity index (χ0) is 20.8. The van der Waals surface area contributed by atoms with Gasteiger partial charge in [0.2, 0.25) is 0 Å². The number of hydrogen-bond acceptors (Lipinski definition) is 2. The molecule has 3 saturated carbocycles. The molecule has 3 nitrogen and oxygen atoms in total. The Morgan fingerprint density at radius 2 is 2.03 bits per heavy atom. The van der Waals surface area contributed by atoms with Gasteiger partial charge in [0.1, 0.15) is 0 Å². The molecule has 0 amide bonds. The van der Waals surface area contributed by atoms with E-state index in [1.807, 2.05) is 13.1 Å². The summed E-state index contributed by atoms with van der Waals surface area (Å²) >= 11 is 0. The second-order valence-electron chi connectivity index (χ2n) is 8.89. The number of benzene rings is 1. The summed E-state index contributed by atoms with van der Waals surface area (Å²) in [6.45, 7) is 6.43. The molecule has 0 radical (unpaired) electrons. The van der Waals surface area contributed by atoms with Crippen LogP contribution in [0.1, 0.15) is 68.3 Å². The van der Waals surface area contributed by atoms with Gasteiger partial charge in [0.25, 0.3) is 0 Å². The molecular formula is C23H30F3N3. The molecule has 1 atom stereocenters. The monoisotopic (exact) mass is 405 g/mol. The number of rotatable bonds is 7. The van der Waals surface area contributed by atoms with Crippen LogP contribution in [0.2, 0.25) is 0 Å². The van der Waals surface area contributed by atoms with Gasteiger partial charge in [-0.25, -0.2) is 4.98 Å². The first kappa shape index (κ1) is 20.3. The van der Waals surface area contributed by atoms with E-state index in [1.165, 1.54) is 31.7 Å². The molecule has 6 heteroatoms. The number of nitrogens with zero attached hydrogens (tertiary/aromatic N) is 2. The lowest BCUT2D eigenvalue weighted by Gasteiger charge is -2.50. The topological polar surface area (TPSA) is 31.9 Å². The van der Waals surface area contributed by atoms with E-state index in [0.29, 0.717) is 30.0 Å². The molecule has 0 spiro atoms. The van der Waals surface area contributed by atoms with Crippen molar-refractivity contribution in [3.05, 3.63) is 47.0 Å². The summed E-state index contributed by atoms with van der Waals surface area (Å²) in [6.07, 6.45) is 5.77. The number of nitrogens with one attached hydrogen (secondary N) is 1. The molecular weight excluding hydrogens is 375 g/mol. The number of H-pyrrole nitrogens is 1. The molecule has 5 rings (SSSR count). The predicted octanol–water partition coefficient (Wildman–Crippen LogP) is 6.27. The van der Waals surface area contributed by atoms with Crippen molar-refractivity contribution in [3.63, 3.8) is 0 Å². The molecule has 1 aromatic carbocycles. The lowest BCUT2D eigenvalue weighted by Crippen LogP contribution is -2.50. The number of aromatic nitrogens is 2. The van der Waals surface area contributed by atoms with Gasteiger partial charge in [-0.05, 0) is 80.0 Å². The van der Waals surface area contributed by atoms with Gasteiger partial charge in [0, 0.05) is 17.9 Å². The number of imidazole rings is 1. The number of alkyl halides is 3. The van der Waals surface area contributed by atoms with Crippen LogP contribution >= 0.6 is 0 Å². The van der Waals surface area contributed by atoms with E-state index < -0.39 is 11.7 Å². The summed E-state index contributed by atoms with van der Waals surface area (Å²) in [5.41, 5.74) is 2.90. The summed E-state index contributed by atoms with van der Waals surface area (Å²) in [5.74, 6) is 0.845. The predicted molar refractivity (Wildman–Crippen MR) is 109 cm³/mol. The van der Waals surface area contributed by atoms with Crippen LogP contribution in [0.4, 0.5) is 18.9 Å². The summed E-state index contributed by atoms with van der Waals surface area (Å²) in [5, 5.41) is 0. The molecule has 1 aromatic heterocycles. The van der Waals surface area contributed by atoms with Gasteiger partial charge < -0.3 is 9.88 Å². The number of aromatic amines is 1. The van der Waals surface area contributed by atoms with Crippen molar-refractivity contribution in [2.24, 2.45) is 11.3 Å². The normalized spacial score (nSPS) is 24.4. The second-order valence-corrected chi connectivity index (χ2v) is 8.89. The smallest absolute Gasteiger partial charge is 0.362 e. The van der Waals surface area contributed by atoms with E-state index in [2.05, 4.69) is 21.8 Å². The average Bonchev–Trinajstić information content (AvgIpc) is 3.37. The fourth-order valence-electron chi connectivity index (χ4n) is 6.10. The van der Waals surface area contributed by atoms with Gasteiger partial charge in [-0.15, -0.1) is 0 Å². The average molecular weight is 406 g/mol. The summed E-state index contributed by atoms with van der Waals surface area (Å²) in [4.78, 5) is 9.72. The van der Waals surface area contributed by atoms with Gasteiger partial charge in [-0.3, -0.25) is 0 Å². The minimum Gasteiger partial charge on any atom is -0.362 e. The molecule has 3 aliphatic carbocycles. The van der Waals surface area contributed by atoms with Crippen LogP contribution in [0.25, 0.3) is 0 Å². The number of fused-ring (bicyclic) bond motifs is 1. The summed E-state index contributed by atoms with van der Waals surface area (Å²) in [7, 11) is 0. The maximum absolute atomic E-state index is 13.5. The van der Waals surface area contributed by atoms with Gasteiger partial charge in [-0.1, -0.05) is 13.8 Å². The lowest BCUT2D eigenvalue weighted by atomic mass is 9.63. The zero-order valence-corrected chi connectivity index (χ0v) is 17.4. The molecule has 158 valence electrons. The van der Waals surface area contributed by atoms with Gasteiger partial charge in [-0.2, -0.15) is 13.2 Å². The van der Waals surface area contributed by atoms with Gasteiger partial charge in [0.15, 0.2) is 0 Å². The summed E-state index contributed by atoms with van der Waals surface area (Å²) < 4.78 is 40.5. The highest BCUT2D eigenvalue weighted by Crippen LogP contribution is 2.62. The Morgan fingerprint density at radius 1 is 1.28 bits per heavy atom. The Hall–Kier alpha value is -1.98. The highest BCUT2D eigenvalue weighted by Gasteiger charge is 2.55. The van der Waals surface area contributed by atoms with E-state index in [9.17, 15) is 13.2 Å². The Bertz CT molecular complexity index is 845. The first-order valence-corrected chi connectivity index (χ1v) is 10.7. The summed E-state index contributed by atoms with van der Waals surface area (Å²) in [6, 6.07) is 3.30. The maximum atomic E-state index is 13.5. The fraction of sp³-hybridized carbons (Fsp3) is 0.609. The van der Waals surface area contributed by atoms with Gasteiger partial charge >= 0.3 is 6.18 Å². The Morgan fingerprint density at radius 3 is 2.55 bits per heavy atom. The molecule has 1 heterocycles. The number of halogens is 3. The first-order chi connectivity index (χ1) is 13.8. The molecule has 1 unspecified atom stereocenters. The SMILES string of the molecule is CCc1c(N(Cc2cnc[nH]2)C(CC)C23CCC(C2)C3)ccc(C(F)(F)F)c1C. The van der Waals surface area contributed by atoms with E-state index in [-0.39, 0.29) is 0 Å². The lowest BCUT2D eigenvalue weighted by molar-refractivity contribution is -0.138. The van der Waals surface area contributed by atoms with Crippen molar-refractivity contribution in [2.45, 2.75) is 78.1 Å². The van der Waals surface area contributed by atoms with Crippen molar-refractivity contribution in [1.82, 2.24) is 9.97 Å². The number of hydrogen-bond donors (Lipinski definition) is 1. The van der Waals surface area contributed by atoms with Crippen LogP contribution in [0.15, 0.2) is 24.7 Å². The Labute approximate surface area is 170 Å². The Balaban J connectivity index is 1.79. The van der Waals surface area contributed by atoms with E-state index >= 15 is 0 Å². The zero-order valence-electron chi connectivity index (χ0n) is 17.4. The molecule has 0 saturated heterocycles. The van der Waals surface area contributed by atoms with Crippen molar-refractivity contribution < 1.29 is 13.2 Å². The minimum atomic E-state index is -4.32. The van der Waals surface area contributed by atoms with Crippen LogP contribution in [0, 0.1) is 18.3 Å². The van der Waals surface area contributed by atoms with E-state index in [0.717, 1.165) is 29.3 Å². The third kappa shape index (κ3) is 3.44. The number of anilines is 1. The standard InChI is InChI=1S/C23H30F3N3/c1-4-18-15(3)19(23(24,25)26)6-7-20(18)29(13-17-12-27-14-28-17)21(5-2)22-9-8-16(10-22)11-22/h6-7,12,14,16,21H,4-5,8-11,13H2,1-3H3,(H,27,28). The minimum absolute atomic E-state index is 0.307. The van der Waals surface area contributed by atoms with Crippen molar-refractivity contribution >= 4 is 5.69 Å². The molecule has 2 aromatic rings. The highest BCUT2D eigenvalue weighted by atomic mass is 19.4. The molecule has 2 bridgehead atoms. The molecule has 0 aliphatic heterocycles. The van der Waals surface area contributed by atoms with E-state index in [4.69, 9.17) is 0 Å². The van der Waals surface area contributed by atoms with Gasteiger partial charge in [0.05, 0.1) is 24.1 Å². The van der Waals surface area contributed by atoms with Crippen LogP contribution in [-0.2, 0) is 19.1 Å². The largest absolute Gasteiger partial charge is 0.416 e. The van der Waals surface area contributed by atoms with Crippen LogP contribution in [0.5, 0.6) is 0 Å².